The summed E-state index contributed by atoms with van der Waals surface area (Å²) in [4.78, 5) is 27.5. The smallest absolute Gasteiger partial charge is 0.407 e. The van der Waals surface area contributed by atoms with Crippen molar-refractivity contribution in [3.05, 3.63) is 12.7 Å². The van der Waals surface area contributed by atoms with Gasteiger partial charge in [-0.25, -0.2) is 4.79 Å². The van der Waals surface area contributed by atoms with Crippen molar-refractivity contribution in [1.29, 1.82) is 0 Å². The van der Waals surface area contributed by atoms with Crippen molar-refractivity contribution >= 4 is 12.2 Å². The largest absolute Gasteiger partial charge is 0.444 e. The summed E-state index contributed by atoms with van der Waals surface area (Å²) in [6, 6.07) is 0.243. The van der Waals surface area contributed by atoms with Crippen LogP contribution in [0.25, 0.3) is 0 Å². The van der Waals surface area contributed by atoms with Crippen LogP contribution in [0.4, 0.5) is 4.79 Å². The van der Waals surface area contributed by atoms with E-state index in [-0.39, 0.29) is 18.3 Å². The molecule has 0 saturated heterocycles. The van der Waals surface area contributed by atoms with Crippen molar-refractivity contribution in [2.45, 2.75) is 38.8 Å². The summed E-state index contributed by atoms with van der Waals surface area (Å²) in [5.74, 6) is 0.438. The van der Waals surface area contributed by atoms with E-state index in [1.54, 1.807) is 0 Å². The highest BCUT2D eigenvalue weighted by atomic mass is 16.6. The molecule has 0 aromatic rings. The minimum atomic E-state index is -0.414. The Morgan fingerprint density at radius 3 is 2.31 bits per heavy atom. The average Bonchev–Trinajstić information content (AvgIpc) is 2.80. The van der Waals surface area contributed by atoms with Crippen LogP contribution in [-0.4, -0.2) is 23.9 Å². The zero-order chi connectivity index (χ0) is 12.8. The first-order valence-corrected chi connectivity index (χ1v) is 4.95. The Labute approximate surface area is 94.8 Å². The van der Waals surface area contributed by atoms with E-state index in [1.165, 1.54) is 0 Å². The normalized spacial score (nSPS) is 21.9. The molecule has 1 aliphatic rings. The summed E-state index contributed by atoms with van der Waals surface area (Å²) in [7, 11) is 0. The Morgan fingerprint density at radius 1 is 1.50 bits per heavy atom. The third-order valence-electron chi connectivity index (χ3n) is 1.84. The maximum absolute atomic E-state index is 11.2. The second-order valence-electron chi connectivity index (χ2n) is 4.47. The number of ether oxygens (including phenoxy) is 1. The van der Waals surface area contributed by atoms with Crippen LogP contribution in [0.15, 0.2) is 12.7 Å². The summed E-state index contributed by atoms with van der Waals surface area (Å²) in [6.07, 6.45) is 2.77. The molecule has 0 aliphatic heterocycles. The van der Waals surface area contributed by atoms with Crippen molar-refractivity contribution in [3.8, 4) is 0 Å². The van der Waals surface area contributed by atoms with Gasteiger partial charge in [-0.2, -0.15) is 9.59 Å². The lowest BCUT2D eigenvalue weighted by atomic mass is 10.2. The summed E-state index contributed by atoms with van der Waals surface area (Å²) in [5.41, 5.74) is -0.414. The van der Waals surface area contributed by atoms with Crippen LogP contribution in [0.2, 0.25) is 0 Å². The average molecular weight is 227 g/mol. The second kappa shape index (κ2) is 6.08. The van der Waals surface area contributed by atoms with Crippen molar-refractivity contribution in [2.24, 2.45) is 5.92 Å². The van der Waals surface area contributed by atoms with E-state index in [0.29, 0.717) is 5.92 Å². The monoisotopic (exact) mass is 227 g/mol. The number of hydrogen-bond donors (Lipinski definition) is 1. The molecule has 5 nitrogen and oxygen atoms in total. The molecule has 0 bridgehead atoms. The Balaban J connectivity index is 0.000000673. The van der Waals surface area contributed by atoms with Gasteiger partial charge in [0.05, 0.1) is 0 Å². The van der Waals surface area contributed by atoms with Crippen LogP contribution in [0.5, 0.6) is 0 Å². The standard InChI is InChI=1S/C10H17NO2.CO2/c1-5-7-6-8(7)11-9(12)13-10(2,3)4;2-1-3/h5,7-8H,1,6H2,2-4H3,(H,11,12);/t7-,8-;/m1./s1. The fraction of sp³-hybridized carbons (Fsp3) is 0.636. The molecule has 1 amide bonds. The summed E-state index contributed by atoms with van der Waals surface area (Å²) in [5, 5.41) is 2.78. The number of nitrogens with one attached hydrogen (secondary N) is 1. The minimum Gasteiger partial charge on any atom is -0.444 e. The maximum atomic E-state index is 11.2. The molecular formula is C11H17NO4. The van der Waals surface area contributed by atoms with E-state index in [4.69, 9.17) is 14.3 Å². The number of alkyl carbamates (subject to hydrolysis) is 1. The van der Waals surface area contributed by atoms with E-state index in [9.17, 15) is 4.79 Å². The number of rotatable bonds is 2. The molecule has 0 unspecified atom stereocenters. The quantitative estimate of drug-likeness (QED) is 0.725. The molecule has 1 saturated carbocycles. The van der Waals surface area contributed by atoms with Gasteiger partial charge in [0, 0.05) is 6.04 Å². The van der Waals surface area contributed by atoms with Gasteiger partial charge >= 0.3 is 12.2 Å². The van der Waals surface area contributed by atoms with Crippen molar-refractivity contribution in [3.63, 3.8) is 0 Å². The van der Waals surface area contributed by atoms with Gasteiger partial charge < -0.3 is 10.1 Å². The maximum Gasteiger partial charge on any atom is 0.407 e. The first-order valence-electron chi connectivity index (χ1n) is 4.95. The fourth-order valence-corrected chi connectivity index (χ4v) is 1.10. The van der Waals surface area contributed by atoms with Crippen LogP contribution >= 0.6 is 0 Å². The van der Waals surface area contributed by atoms with Gasteiger partial charge in [-0.1, -0.05) is 6.08 Å². The molecular weight excluding hydrogens is 210 g/mol. The second-order valence-corrected chi connectivity index (χ2v) is 4.47. The van der Waals surface area contributed by atoms with Gasteiger partial charge in [-0.05, 0) is 33.1 Å². The summed E-state index contributed by atoms with van der Waals surface area (Å²) < 4.78 is 5.10. The Kier molecular flexibility index (Phi) is 5.47. The van der Waals surface area contributed by atoms with Gasteiger partial charge in [-0.3, -0.25) is 0 Å². The molecule has 0 heterocycles. The van der Waals surface area contributed by atoms with Crippen molar-refractivity contribution in [1.82, 2.24) is 5.32 Å². The molecule has 1 aliphatic carbocycles. The highest BCUT2D eigenvalue weighted by molar-refractivity contribution is 5.68. The van der Waals surface area contributed by atoms with Crippen molar-refractivity contribution in [2.75, 3.05) is 0 Å². The summed E-state index contributed by atoms with van der Waals surface area (Å²) in [6.45, 7) is 9.22. The number of carbonyl (C=O) groups excluding carboxylic acids is 3. The van der Waals surface area contributed by atoms with E-state index in [2.05, 4.69) is 11.9 Å². The third kappa shape index (κ3) is 6.79. The molecule has 1 rings (SSSR count). The molecule has 1 fully saturated rings. The van der Waals surface area contributed by atoms with Crippen LogP contribution in [0, 0.1) is 5.92 Å². The molecule has 5 heteroatoms. The van der Waals surface area contributed by atoms with Gasteiger partial charge in [0.1, 0.15) is 5.60 Å². The lowest BCUT2D eigenvalue weighted by molar-refractivity contribution is -0.191. The molecule has 0 spiro atoms. The predicted octanol–water partition coefficient (Wildman–Crippen LogP) is 1.50. The van der Waals surface area contributed by atoms with Gasteiger partial charge in [0.15, 0.2) is 0 Å². The molecule has 90 valence electrons. The number of hydrogen-bond acceptors (Lipinski definition) is 4. The van der Waals surface area contributed by atoms with Gasteiger partial charge in [-0.15, -0.1) is 6.58 Å². The number of carbonyl (C=O) groups is 1. The lowest BCUT2D eigenvalue weighted by Crippen LogP contribution is -2.34. The molecule has 1 N–H and O–H groups in total. The molecule has 0 radical (unpaired) electrons. The Morgan fingerprint density at radius 2 is 2.00 bits per heavy atom. The predicted molar refractivity (Wildman–Crippen MR) is 56.5 cm³/mol. The fourth-order valence-electron chi connectivity index (χ4n) is 1.10. The highest BCUT2D eigenvalue weighted by Gasteiger charge is 2.36. The molecule has 0 aromatic heterocycles. The van der Waals surface area contributed by atoms with Crippen LogP contribution in [0.1, 0.15) is 27.2 Å². The lowest BCUT2D eigenvalue weighted by Gasteiger charge is -2.19. The van der Waals surface area contributed by atoms with E-state index in [0.717, 1.165) is 6.42 Å². The van der Waals surface area contributed by atoms with Crippen LogP contribution in [0.3, 0.4) is 0 Å². The minimum absolute atomic E-state index is 0.243. The van der Waals surface area contributed by atoms with E-state index >= 15 is 0 Å². The molecule has 16 heavy (non-hydrogen) atoms. The first-order chi connectivity index (χ1) is 7.34. The number of amides is 1. The summed E-state index contributed by atoms with van der Waals surface area (Å²) >= 11 is 0. The van der Waals surface area contributed by atoms with E-state index < -0.39 is 5.60 Å². The van der Waals surface area contributed by atoms with E-state index in [1.807, 2.05) is 26.8 Å². The first kappa shape index (κ1) is 14.4. The molecule has 0 aromatic carbocycles. The zero-order valence-electron chi connectivity index (χ0n) is 9.78. The topological polar surface area (TPSA) is 72.5 Å². The van der Waals surface area contributed by atoms with Crippen LogP contribution < -0.4 is 5.32 Å². The SMILES string of the molecule is C=C[C@@H]1C[C@H]1NC(=O)OC(C)(C)C.O=C=O. The zero-order valence-corrected chi connectivity index (χ0v) is 9.78. The molecule has 2 atom stereocenters. The van der Waals surface area contributed by atoms with Gasteiger partial charge in [0.25, 0.3) is 0 Å². The van der Waals surface area contributed by atoms with Gasteiger partial charge in [0.2, 0.25) is 0 Å². The Bertz CT molecular complexity index is 287. The van der Waals surface area contributed by atoms with Crippen molar-refractivity contribution < 1.29 is 19.1 Å². The highest BCUT2D eigenvalue weighted by Crippen LogP contribution is 2.31. The Hall–Kier alpha value is -1.61. The third-order valence-corrected chi connectivity index (χ3v) is 1.84. The van der Waals surface area contributed by atoms with Crippen LogP contribution in [-0.2, 0) is 14.3 Å².